The van der Waals surface area contributed by atoms with Crippen LogP contribution in [0.2, 0.25) is 0 Å². The number of hydrogen-bond acceptors (Lipinski definition) is 5. The molecule has 3 fully saturated rings. The zero-order chi connectivity index (χ0) is 22.9. The number of hydrogen-bond donors (Lipinski definition) is 2. The summed E-state index contributed by atoms with van der Waals surface area (Å²) in [5.41, 5.74) is 2.33. The van der Waals surface area contributed by atoms with Crippen molar-refractivity contribution in [2.45, 2.75) is 94.7 Å². The van der Waals surface area contributed by atoms with Crippen LogP contribution in [0.5, 0.6) is 5.75 Å². The summed E-state index contributed by atoms with van der Waals surface area (Å²) in [4.78, 5) is 27.1. The normalized spacial score (nSPS) is 32.1. The van der Waals surface area contributed by atoms with E-state index in [4.69, 9.17) is 9.47 Å². The fourth-order valence-corrected chi connectivity index (χ4v) is 5.98. The standard InChI is InChI=1S/C26H35N3O4/c1-16-10-13-22(25(30)27-16)29-15-17-14-18(11-12-19(17)26(29)31)33-24-8-4-3-6-21(24)28-20-7-5-9-23(20)32-2/h11-12,14,20-24,28H,1,3-10,13,15H2,2H3,(H,27,30)/t20-,21-,22?,23-,24+/m1/s1. The Labute approximate surface area is 195 Å². The molecule has 0 radical (unpaired) electrons. The van der Waals surface area contributed by atoms with E-state index >= 15 is 0 Å². The van der Waals surface area contributed by atoms with Crippen molar-refractivity contribution in [2.75, 3.05) is 7.11 Å². The summed E-state index contributed by atoms with van der Waals surface area (Å²) in [6.45, 7) is 4.28. The summed E-state index contributed by atoms with van der Waals surface area (Å²) in [6.07, 6.45) is 9.71. The fraction of sp³-hybridized carbons (Fsp3) is 0.615. The topological polar surface area (TPSA) is 79.9 Å². The summed E-state index contributed by atoms with van der Waals surface area (Å²) in [5, 5.41) is 6.64. The van der Waals surface area contributed by atoms with Crippen molar-refractivity contribution in [2.24, 2.45) is 0 Å². The van der Waals surface area contributed by atoms with E-state index in [-0.39, 0.29) is 17.9 Å². The predicted octanol–water partition coefficient (Wildman–Crippen LogP) is 3.28. The molecule has 1 aromatic carbocycles. The molecule has 4 aliphatic rings. The predicted molar refractivity (Wildman–Crippen MR) is 125 cm³/mol. The maximum Gasteiger partial charge on any atom is 0.255 e. The Morgan fingerprint density at radius 1 is 1.03 bits per heavy atom. The lowest BCUT2D eigenvalue weighted by molar-refractivity contribution is -0.126. The van der Waals surface area contributed by atoms with Gasteiger partial charge in [0.25, 0.3) is 5.91 Å². The van der Waals surface area contributed by atoms with Gasteiger partial charge in [0.15, 0.2) is 0 Å². The molecule has 0 bridgehead atoms. The van der Waals surface area contributed by atoms with Gasteiger partial charge in [-0.15, -0.1) is 0 Å². The molecule has 5 atom stereocenters. The van der Waals surface area contributed by atoms with E-state index in [1.807, 2.05) is 25.3 Å². The van der Waals surface area contributed by atoms with Crippen molar-refractivity contribution < 1.29 is 19.1 Å². The second-order valence-electron chi connectivity index (χ2n) is 9.92. The molecule has 7 nitrogen and oxygen atoms in total. The molecule has 2 heterocycles. The fourth-order valence-electron chi connectivity index (χ4n) is 5.98. The molecule has 2 aliphatic carbocycles. The van der Waals surface area contributed by atoms with Gasteiger partial charge >= 0.3 is 0 Å². The van der Waals surface area contributed by atoms with Crippen LogP contribution in [0.1, 0.15) is 73.7 Å². The van der Waals surface area contributed by atoms with Crippen LogP contribution in [-0.4, -0.2) is 54.2 Å². The largest absolute Gasteiger partial charge is 0.489 e. The Morgan fingerprint density at radius 3 is 2.61 bits per heavy atom. The van der Waals surface area contributed by atoms with Crippen LogP contribution < -0.4 is 15.4 Å². The molecule has 178 valence electrons. The maximum absolute atomic E-state index is 13.0. The molecule has 1 saturated heterocycles. The summed E-state index contributed by atoms with van der Waals surface area (Å²) < 4.78 is 12.2. The number of nitrogens with one attached hydrogen (secondary N) is 2. The minimum absolute atomic E-state index is 0.0757. The molecule has 1 aromatic rings. The number of allylic oxidation sites excluding steroid dienone is 1. The highest BCUT2D eigenvalue weighted by molar-refractivity contribution is 6.01. The van der Waals surface area contributed by atoms with Crippen LogP contribution in [0.15, 0.2) is 30.5 Å². The van der Waals surface area contributed by atoms with Gasteiger partial charge in [0.2, 0.25) is 5.91 Å². The van der Waals surface area contributed by atoms with Crippen LogP contribution in [0.25, 0.3) is 0 Å². The van der Waals surface area contributed by atoms with Gasteiger partial charge in [0, 0.05) is 37.0 Å². The SMILES string of the molecule is C=C1CCC(N2Cc3cc(O[C@H]4CCCC[C@H]4N[C@@H]4CCC[C@H]4OC)ccc3C2=O)C(=O)N1. The highest BCUT2D eigenvalue weighted by Crippen LogP contribution is 2.33. The molecule has 7 heteroatoms. The van der Waals surface area contributed by atoms with Gasteiger partial charge < -0.3 is 25.0 Å². The molecule has 0 spiro atoms. The van der Waals surface area contributed by atoms with E-state index in [0.717, 1.165) is 42.7 Å². The molecule has 5 rings (SSSR count). The number of ether oxygens (including phenoxy) is 2. The number of nitrogens with zero attached hydrogens (tertiary/aromatic N) is 1. The van der Waals surface area contributed by atoms with Crippen molar-refractivity contribution >= 4 is 11.8 Å². The number of carbonyl (C=O) groups is 2. The van der Waals surface area contributed by atoms with Crippen LogP contribution in [0.4, 0.5) is 0 Å². The summed E-state index contributed by atoms with van der Waals surface area (Å²) >= 11 is 0. The van der Waals surface area contributed by atoms with Crippen LogP contribution in [-0.2, 0) is 16.1 Å². The number of rotatable bonds is 6. The van der Waals surface area contributed by atoms with Crippen molar-refractivity contribution in [3.05, 3.63) is 41.6 Å². The minimum Gasteiger partial charge on any atom is -0.489 e. The molecule has 33 heavy (non-hydrogen) atoms. The third-order valence-corrected chi connectivity index (χ3v) is 7.78. The maximum atomic E-state index is 13.0. The van der Waals surface area contributed by atoms with Crippen molar-refractivity contribution in [3.8, 4) is 5.75 Å². The van der Waals surface area contributed by atoms with Crippen molar-refractivity contribution in [1.29, 1.82) is 0 Å². The second-order valence-corrected chi connectivity index (χ2v) is 9.92. The van der Waals surface area contributed by atoms with Crippen molar-refractivity contribution in [3.63, 3.8) is 0 Å². The first-order chi connectivity index (χ1) is 16.0. The lowest BCUT2D eigenvalue weighted by atomic mass is 9.91. The van der Waals surface area contributed by atoms with Crippen LogP contribution in [0, 0.1) is 0 Å². The van der Waals surface area contributed by atoms with Crippen LogP contribution in [0.3, 0.4) is 0 Å². The number of carbonyl (C=O) groups excluding carboxylic acids is 2. The number of methoxy groups -OCH3 is 1. The van der Waals surface area contributed by atoms with E-state index < -0.39 is 6.04 Å². The van der Waals surface area contributed by atoms with Gasteiger partial charge in [-0.2, -0.15) is 0 Å². The molecule has 1 unspecified atom stereocenters. The second kappa shape index (κ2) is 9.47. The van der Waals surface area contributed by atoms with Gasteiger partial charge in [-0.25, -0.2) is 0 Å². The molecular formula is C26H35N3O4. The highest BCUT2D eigenvalue weighted by Gasteiger charge is 2.39. The third-order valence-electron chi connectivity index (χ3n) is 7.78. The smallest absolute Gasteiger partial charge is 0.255 e. The number of fused-ring (bicyclic) bond motifs is 1. The minimum atomic E-state index is -0.438. The van der Waals surface area contributed by atoms with Gasteiger partial charge in [-0.1, -0.05) is 13.0 Å². The third kappa shape index (κ3) is 4.53. The Balaban J connectivity index is 1.26. The Kier molecular flexibility index (Phi) is 6.43. The number of amides is 2. The summed E-state index contributed by atoms with van der Waals surface area (Å²) in [6, 6.07) is 6.02. The average Bonchev–Trinajstić information content (AvgIpc) is 3.39. The van der Waals surface area contributed by atoms with Crippen LogP contribution >= 0.6 is 0 Å². The summed E-state index contributed by atoms with van der Waals surface area (Å²) in [7, 11) is 1.81. The molecular weight excluding hydrogens is 418 g/mol. The quantitative estimate of drug-likeness (QED) is 0.691. The highest BCUT2D eigenvalue weighted by atomic mass is 16.5. The zero-order valence-corrected chi connectivity index (χ0v) is 19.5. The number of piperidine rings is 1. The van der Waals surface area contributed by atoms with Gasteiger partial charge in [-0.05, 0) is 75.1 Å². The van der Waals surface area contributed by atoms with E-state index in [0.29, 0.717) is 43.1 Å². The lowest BCUT2D eigenvalue weighted by Gasteiger charge is -2.35. The molecule has 0 aromatic heterocycles. The first-order valence-corrected chi connectivity index (χ1v) is 12.4. The van der Waals surface area contributed by atoms with Gasteiger partial charge in [-0.3, -0.25) is 9.59 Å². The van der Waals surface area contributed by atoms with E-state index in [2.05, 4.69) is 17.2 Å². The Bertz CT molecular complexity index is 932. The molecule has 2 N–H and O–H groups in total. The van der Waals surface area contributed by atoms with E-state index in [1.165, 1.54) is 19.3 Å². The Hall–Kier alpha value is -2.38. The van der Waals surface area contributed by atoms with Gasteiger partial charge in [0.05, 0.1) is 6.10 Å². The first-order valence-electron chi connectivity index (χ1n) is 12.4. The number of benzene rings is 1. The average molecular weight is 454 g/mol. The van der Waals surface area contributed by atoms with Crippen molar-refractivity contribution in [1.82, 2.24) is 15.5 Å². The molecule has 2 saturated carbocycles. The van der Waals surface area contributed by atoms with Gasteiger partial charge in [0.1, 0.15) is 17.9 Å². The Morgan fingerprint density at radius 2 is 1.79 bits per heavy atom. The monoisotopic (exact) mass is 453 g/mol. The summed E-state index contributed by atoms with van der Waals surface area (Å²) in [5.74, 6) is 0.591. The van der Waals surface area contributed by atoms with E-state index in [1.54, 1.807) is 4.90 Å². The first kappa shape index (κ1) is 22.4. The zero-order valence-electron chi connectivity index (χ0n) is 19.5. The van der Waals surface area contributed by atoms with E-state index in [9.17, 15) is 9.59 Å². The lowest BCUT2D eigenvalue weighted by Crippen LogP contribution is -2.51. The molecule has 2 amide bonds. The molecule has 2 aliphatic heterocycles.